The predicted octanol–water partition coefficient (Wildman–Crippen LogP) is 1.59. The van der Waals surface area contributed by atoms with Crippen molar-refractivity contribution in [1.82, 2.24) is 0 Å². The maximum Gasteiger partial charge on any atom is 0.124 e. The number of nitrogens with two attached hydrogens (primary N) is 1. The van der Waals surface area contributed by atoms with E-state index in [-0.39, 0.29) is 5.75 Å². The molecule has 72 valence electrons. The van der Waals surface area contributed by atoms with Crippen LogP contribution in [0, 0.1) is 0 Å². The van der Waals surface area contributed by atoms with Gasteiger partial charge in [-0.15, -0.1) is 0 Å². The van der Waals surface area contributed by atoms with E-state index in [2.05, 4.69) is 0 Å². The molecule has 0 saturated carbocycles. The van der Waals surface area contributed by atoms with Gasteiger partial charge in [0.1, 0.15) is 11.5 Å². The molecule has 3 N–H and O–H groups in total. The van der Waals surface area contributed by atoms with E-state index in [9.17, 15) is 5.11 Å². The van der Waals surface area contributed by atoms with E-state index in [1.54, 1.807) is 25.3 Å². The van der Waals surface area contributed by atoms with Crippen molar-refractivity contribution < 1.29 is 9.84 Å². The van der Waals surface area contributed by atoms with Crippen molar-refractivity contribution >= 4 is 0 Å². The molecule has 0 fully saturated rings. The highest BCUT2D eigenvalue weighted by atomic mass is 16.5. The minimum absolute atomic E-state index is 0.203. The zero-order valence-electron chi connectivity index (χ0n) is 8.16. The van der Waals surface area contributed by atoms with E-state index in [0.717, 1.165) is 5.56 Å². The van der Waals surface area contributed by atoms with Gasteiger partial charge < -0.3 is 15.6 Å². The van der Waals surface area contributed by atoms with E-state index in [1.165, 1.54) is 0 Å². The Hall–Kier alpha value is -1.22. The number of benzene rings is 1. The molecule has 0 aliphatic rings. The summed E-state index contributed by atoms with van der Waals surface area (Å²) in [5.74, 6) is 0.902. The van der Waals surface area contributed by atoms with Crippen molar-refractivity contribution in [2.45, 2.75) is 19.4 Å². The number of phenolic OH excluding ortho intramolecular Hbond substituents is 1. The Labute approximate surface area is 78.1 Å². The van der Waals surface area contributed by atoms with Crippen molar-refractivity contribution in [1.29, 1.82) is 0 Å². The summed E-state index contributed by atoms with van der Waals surface area (Å²) < 4.78 is 5.14. The molecule has 0 spiro atoms. The number of rotatable bonds is 2. The Balaban J connectivity index is 3.24. The lowest BCUT2D eigenvalue weighted by molar-refractivity contribution is 0.391. The molecule has 0 unspecified atom stereocenters. The maximum absolute atomic E-state index is 9.29. The van der Waals surface area contributed by atoms with Gasteiger partial charge in [0, 0.05) is 11.1 Å². The van der Waals surface area contributed by atoms with E-state index >= 15 is 0 Å². The molecule has 0 bridgehead atoms. The third kappa shape index (κ3) is 2.12. The third-order valence-electron chi connectivity index (χ3n) is 1.88. The number of hydrogen-bond donors (Lipinski definition) is 2. The molecule has 3 nitrogen and oxygen atoms in total. The first kappa shape index (κ1) is 9.86. The lowest BCUT2D eigenvalue weighted by atomic mass is 9.94. The summed E-state index contributed by atoms with van der Waals surface area (Å²) in [5.41, 5.74) is 6.20. The summed E-state index contributed by atoms with van der Waals surface area (Å²) in [5, 5.41) is 9.29. The van der Waals surface area contributed by atoms with Gasteiger partial charge in [-0.2, -0.15) is 0 Å². The van der Waals surface area contributed by atoms with Gasteiger partial charge in [0.15, 0.2) is 0 Å². The smallest absolute Gasteiger partial charge is 0.124 e. The highest BCUT2D eigenvalue weighted by molar-refractivity contribution is 5.43. The molecular weight excluding hydrogens is 166 g/mol. The Morgan fingerprint density at radius 2 is 2.00 bits per heavy atom. The molecule has 13 heavy (non-hydrogen) atoms. The van der Waals surface area contributed by atoms with Gasteiger partial charge >= 0.3 is 0 Å². The van der Waals surface area contributed by atoms with Crippen molar-refractivity contribution in [2.75, 3.05) is 7.11 Å². The lowest BCUT2D eigenvalue weighted by Gasteiger charge is -2.21. The average Bonchev–Trinajstić information content (AvgIpc) is 2.03. The summed E-state index contributed by atoms with van der Waals surface area (Å²) in [7, 11) is 1.58. The minimum Gasteiger partial charge on any atom is -0.508 e. The van der Waals surface area contributed by atoms with Crippen LogP contribution in [-0.2, 0) is 5.54 Å². The molecule has 0 aliphatic carbocycles. The van der Waals surface area contributed by atoms with Crippen LogP contribution in [0.5, 0.6) is 11.5 Å². The Bertz CT molecular complexity index is 302. The van der Waals surface area contributed by atoms with Crippen molar-refractivity contribution in [3.05, 3.63) is 23.8 Å². The quantitative estimate of drug-likeness (QED) is 0.728. The molecular formula is C10H15NO2. The first-order valence-corrected chi connectivity index (χ1v) is 4.11. The van der Waals surface area contributed by atoms with Gasteiger partial charge in [0.2, 0.25) is 0 Å². The average molecular weight is 181 g/mol. The number of methoxy groups -OCH3 is 1. The highest BCUT2D eigenvalue weighted by Crippen LogP contribution is 2.30. The van der Waals surface area contributed by atoms with Crippen molar-refractivity contribution in [3.8, 4) is 11.5 Å². The topological polar surface area (TPSA) is 55.5 Å². The van der Waals surface area contributed by atoms with Gasteiger partial charge in [0.05, 0.1) is 7.11 Å². The van der Waals surface area contributed by atoms with Gasteiger partial charge in [-0.3, -0.25) is 0 Å². The van der Waals surface area contributed by atoms with E-state index < -0.39 is 5.54 Å². The minimum atomic E-state index is -0.510. The molecule has 0 saturated heterocycles. The first-order valence-electron chi connectivity index (χ1n) is 4.11. The SMILES string of the molecule is COc1ccc(O)cc1C(C)(C)N. The molecule has 1 rings (SSSR count). The van der Waals surface area contributed by atoms with Crippen LogP contribution >= 0.6 is 0 Å². The summed E-state index contributed by atoms with van der Waals surface area (Å²) >= 11 is 0. The van der Waals surface area contributed by atoms with Crippen molar-refractivity contribution in [2.24, 2.45) is 5.73 Å². The molecule has 0 aromatic heterocycles. The second-order valence-corrected chi connectivity index (χ2v) is 3.61. The van der Waals surface area contributed by atoms with Crippen LogP contribution in [0.25, 0.3) is 0 Å². The van der Waals surface area contributed by atoms with Crippen LogP contribution < -0.4 is 10.5 Å². The van der Waals surface area contributed by atoms with E-state index in [4.69, 9.17) is 10.5 Å². The Morgan fingerprint density at radius 1 is 1.38 bits per heavy atom. The van der Waals surface area contributed by atoms with Crippen LogP contribution in [0.4, 0.5) is 0 Å². The molecule has 0 aliphatic heterocycles. The lowest BCUT2D eigenvalue weighted by Crippen LogP contribution is -2.29. The fraction of sp³-hybridized carbons (Fsp3) is 0.400. The number of aromatic hydroxyl groups is 1. The first-order chi connectivity index (χ1) is 5.95. The predicted molar refractivity (Wildman–Crippen MR) is 51.9 cm³/mol. The zero-order valence-corrected chi connectivity index (χ0v) is 8.16. The highest BCUT2D eigenvalue weighted by Gasteiger charge is 2.19. The Kier molecular flexibility index (Phi) is 2.48. The second kappa shape index (κ2) is 3.26. The van der Waals surface area contributed by atoms with Crippen LogP contribution in [0.2, 0.25) is 0 Å². The van der Waals surface area contributed by atoms with Gasteiger partial charge in [-0.05, 0) is 32.0 Å². The fourth-order valence-corrected chi connectivity index (χ4v) is 1.20. The van der Waals surface area contributed by atoms with E-state index in [0.29, 0.717) is 5.75 Å². The number of ether oxygens (including phenoxy) is 1. The molecule has 1 aromatic rings. The molecule has 1 aromatic carbocycles. The molecule has 0 atom stereocenters. The van der Waals surface area contributed by atoms with Gasteiger partial charge in [0.25, 0.3) is 0 Å². The number of hydrogen-bond acceptors (Lipinski definition) is 3. The van der Waals surface area contributed by atoms with Crippen LogP contribution in [-0.4, -0.2) is 12.2 Å². The fourth-order valence-electron chi connectivity index (χ4n) is 1.20. The Morgan fingerprint density at radius 3 is 2.46 bits per heavy atom. The molecule has 3 heteroatoms. The van der Waals surface area contributed by atoms with Gasteiger partial charge in [-0.25, -0.2) is 0 Å². The zero-order chi connectivity index (χ0) is 10.1. The normalized spacial score (nSPS) is 11.4. The number of phenols is 1. The monoisotopic (exact) mass is 181 g/mol. The molecule has 0 radical (unpaired) electrons. The molecule has 0 heterocycles. The van der Waals surface area contributed by atoms with Crippen molar-refractivity contribution in [3.63, 3.8) is 0 Å². The van der Waals surface area contributed by atoms with Crippen LogP contribution in [0.15, 0.2) is 18.2 Å². The summed E-state index contributed by atoms with van der Waals surface area (Å²) in [6.45, 7) is 3.73. The van der Waals surface area contributed by atoms with E-state index in [1.807, 2.05) is 13.8 Å². The second-order valence-electron chi connectivity index (χ2n) is 3.61. The molecule has 0 amide bonds. The standard InChI is InChI=1S/C10H15NO2/c1-10(2,11)8-6-7(12)4-5-9(8)13-3/h4-6,12H,11H2,1-3H3. The summed E-state index contributed by atoms with van der Waals surface area (Å²) in [4.78, 5) is 0. The largest absolute Gasteiger partial charge is 0.508 e. The maximum atomic E-state index is 9.29. The summed E-state index contributed by atoms with van der Waals surface area (Å²) in [6, 6.07) is 4.91. The van der Waals surface area contributed by atoms with Crippen LogP contribution in [0.3, 0.4) is 0 Å². The van der Waals surface area contributed by atoms with Crippen LogP contribution in [0.1, 0.15) is 19.4 Å². The summed E-state index contributed by atoms with van der Waals surface area (Å²) in [6.07, 6.45) is 0. The third-order valence-corrected chi connectivity index (χ3v) is 1.88. The van der Waals surface area contributed by atoms with Gasteiger partial charge in [-0.1, -0.05) is 0 Å².